The minimum Gasteiger partial charge on any atom is -0.384 e. The van der Waals surface area contributed by atoms with Gasteiger partial charge in [0.1, 0.15) is 18.0 Å². The Morgan fingerprint density at radius 2 is 2.36 bits per heavy atom. The molecule has 0 atom stereocenters. The molecule has 1 aromatic rings. The molecule has 0 aromatic carbocycles. The van der Waals surface area contributed by atoms with Gasteiger partial charge in [0.2, 0.25) is 5.91 Å². The molecule has 2 rings (SSSR count). The lowest BCUT2D eigenvalue weighted by atomic mass is 10.3. The summed E-state index contributed by atoms with van der Waals surface area (Å²) in [5.41, 5.74) is 5.52. The highest BCUT2D eigenvalue weighted by Gasteiger charge is 2.17. The molecule has 2 heterocycles. The van der Waals surface area contributed by atoms with Gasteiger partial charge in [-0.1, -0.05) is 0 Å². The zero-order chi connectivity index (χ0) is 9.97. The number of piperazine rings is 1. The van der Waals surface area contributed by atoms with E-state index in [0.717, 1.165) is 6.54 Å². The van der Waals surface area contributed by atoms with E-state index >= 15 is 0 Å². The number of hydrogen-bond donors (Lipinski definition) is 2. The third kappa shape index (κ3) is 1.73. The van der Waals surface area contributed by atoms with E-state index in [1.54, 1.807) is 6.07 Å². The Labute approximate surface area is 81.1 Å². The molecule has 1 aliphatic heterocycles. The number of hydrogen-bond acceptors (Lipinski definition) is 5. The van der Waals surface area contributed by atoms with Crippen LogP contribution < -0.4 is 16.0 Å². The summed E-state index contributed by atoms with van der Waals surface area (Å²) in [7, 11) is 0. The van der Waals surface area contributed by atoms with Crippen molar-refractivity contribution in [3.05, 3.63) is 12.4 Å². The van der Waals surface area contributed by atoms with E-state index in [2.05, 4.69) is 15.3 Å². The molecule has 0 saturated carbocycles. The van der Waals surface area contributed by atoms with E-state index in [1.165, 1.54) is 6.33 Å². The molecule has 0 unspecified atom stereocenters. The summed E-state index contributed by atoms with van der Waals surface area (Å²) in [5.74, 6) is 1.13. The van der Waals surface area contributed by atoms with Crippen LogP contribution in [0.15, 0.2) is 12.4 Å². The van der Waals surface area contributed by atoms with Gasteiger partial charge in [0.05, 0.1) is 6.54 Å². The Hall–Kier alpha value is -1.85. The van der Waals surface area contributed by atoms with Crippen LogP contribution in [-0.4, -0.2) is 35.5 Å². The first-order valence-electron chi connectivity index (χ1n) is 4.35. The normalized spacial score (nSPS) is 16.6. The number of aromatic nitrogens is 2. The predicted octanol–water partition coefficient (Wildman–Crippen LogP) is -1.00. The Kier molecular flexibility index (Phi) is 2.18. The molecule has 0 radical (unpaired) electrons. The van der Waals surface area contributed by atoms with E-state index in [0.29, 0.717) is 24.7 Å². The third-order valence-corrected chi connectivity index (χ3v) is 2.04. The number of anilines is 2. The SMILES string of the molecule is Nc1cc(N2CCNC(=O)C2)ncn1. The predicted molar refractivity (Wildman–Crippen MR) is 51.7 cm³/mol. The summed E-state index contributed by atoms with van der Waals surface area (Å²) in [4.78, 5) is 20.8. The fraction of sp³-hybridized carbons (Fsp3) is 0.375. The Bertz CT molecular complexity index is 353. The Morgan fingerprint density at radius 1 is 1.50 bits per heavy atom. The monoisotopic (exact) mass is 193 g/mol. The standard InChI is InChI=1S/C8H11N5O/c9-6-3-7(12-5-11-6)13-2-1-10-8(14)4-13/h3,5H,1-2,4H2,(H,10,14)(H2,9,11,12). The summed E-state index contributed by atoms with van der Waals surface area (Å²) in [6.07, 6.45) is 1.40. The number of carbonyl (C=O) groups excluding carboxylic acids is 1. The second-order valence-corrected chi connectivity index (χ2v) is 3.07. The summed E-state index contributed by atoms with van der Waals surface area (Å²) in [6.45, 7) is 1.72. The Morgan fingerprint density at radius 3 is 3.07 bits per heavy atom. The maximum Gasteiger partial charge on any atom is 0.239 e. The van der Waals surface area contributed by atoms with Crippen LogP contribution >= 0.6 is 0 Å². The molecule has 1 amide bonds. The lowest BCUT2D eigenvalue weighted by Crippen LogP contribution is -2.48. The number of nitrogens with zero attached hydrogens (tertiary/aromatic N) is 3. The lowest BCUT2D eigenvalue weighted by Gasteiger charge is -2.27. The summed E-state index contributed by atoms with van der Waals surface area (Å²) in [5, 5.41) is 2.74. The second kappa shape index (κ2) is 3.49. The highest BCUT2D eigenvalue weighted by Crippen LogP contribution is 2.12. The Balaban J connectivity index is 2.17. The van der Waals surface area contributed by atoms with Gasteiger partial charge in [0, 0.05) is 19.2 Å². The highest BCUT2D eigenvalue weighted by atomic mass is 16.2. The molecule has 0 aliphatic carbocycles. The zero-order valence-corrected chi connectivity index (χ0v) is 7.60. The van der Waals surface area contributed by atoms with Gasteiger partial charge >= 0.3 is 0 Å². The number of amides is 1. The topological polar surface area (TPSA) is 84.1 Å². The van der Waals surface area contributed by atoms with Gasteiger partial charge in [-0.05, 0) is 0 Å². The maximum atomic E-state index is 11.1. The van der Waals surface area contributed by atoms with Gasteiger partial charge in [-0.2, -0.15) is 0 Å². The van der Waals surface area contributed by atoms with Crippen LogP contribution in [0.1, 0.15) is 0 Å². The van der Waals surface area contributed by atoms with Crippen molar-refractivity contribution in [3.8, 4) is 0 Å². The van der Waals surface area contributed by atoms with E-state index < -0.39 is 0 Å². The quantitative estimate of drug-likeness (QED) is 0.597. The molecule has 1 aliphatic rings. The maximum absolute atomic E-state index is 11.1. The molecule has 0 spiro atoms. The number of nitrogen functional groups attached to an aromatic ring is 1. The lowest BCUT2D eigenvalue weighted by molar-refractivity contribution is -0.120. The van der Waals surface area contributed by atoms with Crippen molar-refractivity contribution in [2.24, 2.45) is 0 Å². The van der Waals surface area contributed by atoms with E-state index in [1.807, 2.05) is 4.90 Å². The fourth-order valence-electron chi connectivity index (χ4n) is 1.37. The van der Waals surface area contributed by atoms with Crippen LogP contribution in [0.25, 0.3) is 0 Å². The second-order valence-electron chi connectivity index (χ2n) is 3.07. The van der Waals surface area contributed by atoms with E-state index in [4.69, 9.17) is 5.73 Å². The van der Waals surface area contributed by atoms with Crippen LogP contribution in [0, 0.1) is 0 Å². The molecule has 6 heteroatoms. The first-order valence-corrected chi connectivity index (χ1v) is 4.35. The molecular formula is C8H11N5O. The van der Waals surface area contributed by atoms with Crippen molar-refractivity contribution in [1.29, 1.82) is 0 Å². The van der Waals surface area contributed by atoms with Crippen molar-refractivity contribution in [2.75, 3.05) is 30.3 Å². The summed E-state index contributed by atoms with van der Waals surface area (Å²) < 4.78 is 0. The van der Waals surface area contributed by atoms with Gasteiger partial charge in [-0.25, -0.2) is 9.97 Å². The van der Waals surface area contributed by atoms with Crippen LogP contribution in [0.2, 0.25) is 0 Å². The molecule has 6 nitrogen and oxygen atoms in total. The molecule has 14 heavy (non-hydrogen) atoms. The molecule has 1 saturated heterocycles. The summed E-state index contributed by atoms with van der Waals surface area (Å²) >= 11 is 0. The molecule has 0 bridgehead atoms. The number of carbonyl (C=O) groups is 1. The largest absolute Gasteiger partial charge is 0.384 e. The van der Waals surface area contributed by atoms with Crippen LogP contribution in [0.4, 0.5) is 11.6 Å². The van der Waals surface area contributed by atoms with Gasteiger partial charge in [-0.15, -0.1) is 0 Å². The van der Waals surface area contributed by atoms with Gasteiger partial charge in [0.15, 0.2) is 0 Å². The van der Waals surface area contributed by atoms with Crippen LogP contribution in [0.3, 0.4) is 0 Å². The minimum atomic E-state index is 0.00781. The molecule has 3 N–H and O–H groups in total. The van der Waals surface area contributed by atoms with E-state index in [9.17, 15) is 4.79 Å². The van der Waals surface area contributed by atoms with Crippen molar-refractivity contribution >= 4 is 17.5 Å². The molecular weight excluding hydrogens is 182 g/mol. The summed E-state index contributed by atoms with van der Waals surface area (Å²) in [6, 6.07) is 1.67. The number of nitrogens with one attached hydrogen (secondary N) is 1. The average molecular weight is 193 g/mol. The van der Waals surface area contributed by atoms with E-state index in [-0.39, 0.29) is 5.91 Å². The van der Waals surface area contributed by atoms with Crippen LogP contribution in [0.5, 0.6) is 0 Å². The number of rotatable bonds is 1. The van der Waals surface area contributed by atoms with Crippen LogP contribution in [-0.2, 0) is 4.79 Å². The zero-order valence-electron chi connectivity index (χ0n) is 7.60. The van der Waals surface area contributed by atoms with Crippen molar-refractivity contribution in [1.82, 2.24) is 15.3 Å². The smallest absolute Gasteiger partial charge is 0.239 e. The van der Waals surface area contributed by atoms with Crippen molar-refractivity contribution < 1.29 is 4.79 Å². The van der Waals surface area contributed by atoms with Crippen molar-refractivity contribution in [3.63, 3.8) is 0 Å². The minimum absolute atomic E-state index is 0.00781. The molecule has 74 valence electrons. The average Bonchev–Trinajstić information content (AvgIpc) is 2.18. The van der Waals surface area contributed by atoms with Gasteiger partial charge in [0.25, 0.3) is 0 Å². The van der Waals surface area contributed by atoms with Gasteiger partial charge in [-0.3, -0.25) is 4.79 Å². The molecule has 1 fully saturated rings. The third-order valence-electron chi connectivity index (χ3n) is 2.04. The highest BCUT2D eigenvalue weighted by molar-refractivity contribution is 5.82. The van der Waals surface area contributed by atoms with Crippen molar-refractivity contribution in [2.45, 2.75) is 0 Å². The fourth-order valence-corrected chi connectivity index (χ4v) is 1.37. The molecule has 1 aromatic heterocycles. The first kappa shape index (κ1) is 8.74. The number of nitrogens with two attached hydrogens (primary N) is 1. The van der Waals surface area contributed by atoms with Gasteiger partial charge < -0.3 is 16.0 Å². The first-order chi connectivity index (χ1) is 6.75.